The molecule has 2 N–H and O–H groups in total. The summed E-state index contributed by atoms with van der Waals surface area (Å²) < 4.78 is 25.4. The van der Waals surface area contributed by atoms with Crippen molar-refractivity contribution < 1.29 is 8.78 Å². The van der Waals surface area contributed by atoms with Gasteiger partial charge in [-0.05, 0) is 60.7 Å². The highest BCUT2D eigenvalue weighted by Gasteiger charge is 1.99. The summed E-state index contributed by atoms with van der Waals surface area (Å²) in [5, 5.41) is 6.14. The van der Waals surface area contributed by atoms with Crippen molar-refractivity contribution in [3.8, 4) is 0 Å². The lowest BCUT2D eigenvalue weighted by molar-refractivity contribution is 0.627. The number of benzene rings is 2. The second kappa shape index (κ2) is 5.55. The van der Waals surface area contributed by atoms with E-state index < -0.39 is 0 Å². The van der Waals surface area contributed by atoms with Crippen LogP contribution < -0.4 is 10.6 Å². The molecule has 2 rings (SSSR count). The molecule has 0 bridgehead atoms. The summed E-state index contributed by atoms with van der Waals surface area (Å²) in [6, 6.07) is 11.7. The van der Waals surface area contributed by atoms with Crippen LogP contribution in [0.15, 0.2) is 48.5 Å². The van der Waals surface area contributed by atoms with Crippen LogP contribution in [0.2, 0.25) is 0 Å². The van der Waals surface area contributed by atoms with Crippen molar-refractivity contribution in [2.24, 2.45) is 0 Å². The van der Waals surface area contributed by atoms with Gasteiger partial charge in [-0.15, -0.1) is 0 Å². The highest BCUT2D eigenvalue weighted by atomic mass is 32.1. The standard InChI is InChI=1S/C13H10F2N2S/c14-9-1-5-11(6-2-9)16-13(18)17-12-7-3-10(15)4-8-12/h1-8H,(H2,16,17,18). The van der Waals surface area contributed by atoms with Gasteiger partial charge in [-0.3, -0.25) is 0 Å². The maximum Gasteiger partial charge on any atom is 0.175 e. The van der Waals surface area contributed by atoms with Crippen LogP contribution in [0.3, 0.4) is 0 Å². The van der Waals surface area contributed by atoms with Gasteiger partial charge in [0.05, 0.1) is 0 Å². The Labute approximate surface area is 109 Å². The van der Waals surface area contributed by atoms with Gasteiger partial charge in [0, 0.05) is 11.4 Å². The predicted octanol–water partition coefficient (Wildman–Crippen LogP) is 3.77. The topological polar surface area (TPSA) is 24.1 Å². The summed E-state index contributed by atoms with van der Waals surface area (Å²) >= 11 is 5.07. The van der Waals surface area contributed by atoms with Crippen LogP contribution in [-0.4, -0.2) is 5.11 Å². The molecule has 0 saturated heterocycles. The van der Waals surface area contributed by atoms with E-state index in [4.69, 9.17) is 12.2 Å². The Morgan fingerprint density at radius 3 is 1.39 bits per heavy atom. The molecule has 0 saturated carbocycles. The molecule has 0 amide bonds. The van der Waals surface area contributed by atoms with Crippen molar-refractivity contribution in [1.29, 1.82) is 0 Å². The van der Waals surface area contributed by atoms with E-state index >= 15 is 0 Å². The lowest BCUT2D eigenvalue weighted by Crippen LogP contribution is -2.18. The summed E-state index contributed by atoms with van der Waals surface area (Å²) in [6.45, 7) is 0. The van der Waals surface area contributed by atoms with Gasteiger partial charge < -0.3 is 10.6 Å². The Bertz CT molecular complexity index is 488. The van der Waals surface area contributed by atoms with Crippen LogP contribution in [0.4, 0.5) is 20.2 Å². The van der Waals surface area contributed by atoms with Gasteiger partial charge in [-0.1, -0.05) is 0 Å². The maximum absolute atomic E-state index is 12.7. The lowest BCUT2D eigenvalue weighted by atomic mass is 10.3. The number of rotatable bonds is 2. The van der Waals surface area contributed by atoms with Crippen molar-refractivity contribution in [3.63, 3.8) is 0 Å². The van der Waals surface area contributed by atoms with Gasteiger partial charge in [-0.25, -0.2) is 8.78 Å². The molecule has 0 aliphatic rings. The highest BCUT2D eigenvalue weighted by molar-refractivity contribution is 7.80. The number of nitrogens with one attached hydrogen (secondary N) is 2. The fraction of sp³-hybridized carbons (Fsp3) is 0. The Morgan fingerprint density at radius 2 is 1.06 bits per heavy atom. The number of halogens is 2. The smallest absolute Gasteiger partial charge is 0.175 e. The fourth-order valence-electron chi connectivity index (χ4n) is 1.36. The van der Waals surface area contributed by atoms with E-state index in [1.807, 2.05) is 0 Å². The molecule has 0 fully saturated rings. The second-order valence-electron chi connectivity index (χ2n) is 3.59. The first kappa shape index (κ1) is 12.4. The third-order valence-corrected chi connectivity index (χ3v) is 2.41. The first-order valence-electron chi connectivity index (χ1n) is 5.22. The third-order valence-electron chi connectivity index (χ3n) is 2.20. The maximum atomic E-state index is 12.7. The first-order chi connectivity index (χ1) is 8.63. The van der Waals surface area contributed by atoms with E-state index in [1.54, 1.807) is 24.3 Å². The van der Waals surface area contributed by atoms with Crippen LogP contribution in [0.25, 0.3) is 0 Å². The van der Waals surface area contributed by atoms with Crippen LogP contribution in [0, 0.1) is 11.6 Å². The quantitative estimate of drug-likeness (QED) is 0.807. The normalized spacial score (nSPS) is 9.89. The molecule has 0 spiro atoms. The molecule has 2 aromatic carbocycles. The zero-order valence-corrected chi connectivity index (χ0v) is 10.1. The molecule has 2 aromatic rings. The van der Waals surface area contributed by atoms with Crippen molar-refractivity contribution in [2.45, 2.75) is 0 Å². The van der Waals surface area contributed by atoms with Crippen molar-refractivity contribution >= 4 is 28.7 Å². The van der Waals surface area contributed by atoms with E-state index in [9.17, 15) is 8.78 Å². The summed E-state index contributed by atoms with van der Waals surface area (Å²) in [7, 11) is 0. The molecule has 2 nitrogen and oxygen atoms in total. The summed E-state index contributed by atoms with van der Waals surface area (Å²) in [6.07, 6.45) is 0. The number of hydrogen-bond donors (Lipinski definition) is 2. The molecule has 5 heteroatoms. The van der Waals surface area contributed by atoms with E-state index in [1.165, 1.54) is 24.3 Å². The minimum Gasteiger partial charge on any atom is -0.332 e. The highest BCUT2D eigenvalue weighted by Crippen LogP contribution is 2.11. The minimum absolute atomic E-state index is 0.307. The molecule has 0 aromatic heterocycles. The fourth-order valence-corrected chi connectivity index (χ4v) is 1.60. The van der Waals surface area contributed by atoms with Crippen molar-refractivity contribution in [3.05, 3.63) is 60.2 Å². The zero-order valence-electron chi connectivity index (χ0n) is 9.28. The minimum atomic E-state index is -0.307. The summed E-state index contributed by atoms with van der Waals surface area (Å²) in [5.41, 5.74) is 1.35. The molecule has 18 heavy (non-hydrogen) atoms. The van der Waals surface area contributed by atoms with E-state index in [2.05, 4.69) is 10.6 Å². The van der Waals surface area contributed by atoms with Gasteiger partial charge in [-0.2, -0.15) is 0 Å². The Hall–Kier alpha value is -2.01. The van der Waals surface area contributed by atoms with Gasteiger partial charge in [0.2, 0.25) is 0 Å². The molecule has 0 unspecified atom stereocenters. The van der Waals surface area contributed by atoms with Crippen molar-refractivity contribution in [1.82, 2.24) is 0 Å². The second-order valence-corrected chi connectivity index (χ2v) is 4.00. The first-order valence-corrected chi connectivity index (χ1v) is 5.63. The molecular weight excluding hydrogens is 254 g/mol. The predicted molar refractivity (Wildman–Crippen MR) is 72.6 cm³/mol. The largest absolute Gasteiger partial charge is 0.332 e. The lowest BCUT2D eigenvalue weighted by Gasteiger charge is -2.10. The Kier molecular flexibility index (Phi) is 3.84. The zero-order chi connectivity index (χ0) is 13.0. The SMILES string of the molecule is Fc1ccc(NC(=S)Nc2ccc(F)cc2)cc1. The number of thiocarbonyl (C=S) groups is 1. The average Bonchev–Trinajstić information content (AvgIpc) is 2.35. The van der Waals surface area contributed by atoms with E-state index in [0.29, 0.717) is 16.5 Å². The van der Waals surface area contributed by atoms with Crippen LogP contribution in [-0.2, 0) is 0 Å². The van der Waals surface area contributed by atoms with Gasteiger partial charge >= 0.3 is 0 Å². The molecular formula is C13H10F2N2S. The van der Waals surface area contributed by atoms with Gasteiger partial charge in [0.1, 0.15) is 11.6 Å². The van der Waals surface area contributed by atoms with E-state index in [-0.39, 0.29) is 11.6 Å². The monoisotopic (exact) mass is 264 g/mol. The van der Waals surface area contributed by atoms with E-state index in [0.717, 1.165) is 0 Å². The Balaban J connectivity index is 1.96. The summed E-state index contributed by atoms with van der Waals surface area (Å²) in [4.78, 5) is 0. The van der Waals surface area contributed by atoms with Gasteiger partial charge in [0.15, 0.2) is 5.11 Å². The van der Waals surface area contributed by atoms with Crippen LogP contribution >= 0.6 is 12.2 Å². The van der Waals surface area contributed by atoms with Crippen LogP contribution in [0.1, 0.15) is 0 Å². The van der Waals surface area contributed by atoms with Crippen molar-refractivity contribution in [2.75, 3.05) is 10.6 Å². The van der Waals surface area contributed by atoms with Crippen LogP contribution in [0.5, 0.6) is 0 Å². The number of anilines is 2. The summed E-state index contributed by atoms with van der Waals surface area (Å²) in [5.74, 6) is -0.615. The Morgan fingerprint density at radius 1 is 0.722 bits per heavy atom. The molecule has 92 valence electrons. The molecule has 0 aliphatic carbocycles. The average molecular weight is 264 g/mol. The molecule has 0 atom stereocenters. The third kappa shape index (κ3) is 3.49. The molecule has 0 aliphatic heterocycles. The molecule has 0 radical (unpaired) electrons. The molecule has 0 heterocycles. The number of hydrogen-bond acceptors (Lipinski definition) is 1. The van der Waals surface area contributed by atoms with Gasteiger partial charge in [0.25, 0.3) is 0 Å².